The summed E-state index contributed by atoms with van der Waals surface area (Å²) in [4.78, 5) is 53.9. The molecule has 3 aliphatic heterocycles. The highest BCUT2D eigenvalue weighted by Crippen LogP contribution is 2.45. The number of halogens is 6. The van der Waals surface area contributed by atoms with Gasteiger partial charge in [-0.1, -0.05) is 24.3 Å². The zero-order valence-electron chi connectivity index (χ0n) is 41.8. The van der Waals surface area contributed by atoms with E-state index in [1.165, 1.54) is 27.6 Å². The Kier molecular flexibility index (Phi) is 15.0. The van der Waals surface area contributed by atoms with Crippen molar-refractivity contribution < 1.29 is 65.1 Å². The molecule has 0 radical (unpaired) electrons. The van der Waals surface area contributed by atoms with Crippen LogP contribution in [0.5, 0.6) is 0 Å². The average Bonchev–Trinajstić information content (AvgIpc) is 4.26. The van der Waals surface area contributed by atoms with Gasteiger partial charge in [-0.15, -0.1) is 22.7 Å². The molecule has 0 bridgehead atoms. The lowest BCUT2D eigenvalue weighted by atomic mass is 10.0. The fraction of sp³-hybridized carbons (Fsp3) is 0.510. The lowest BCUT2D eigenvalue weighted by Gasteiger charge is -2.26. The molecule has 3 saturated heterocycles. The van der Waals surface area contributed by atoms with Crippen molar-refractivity contribution in [1.29, 1.82) is 0 Å². The van der Waals surface area contributed by atoms with E-state index in [0.717, 1.165) is 20.4 Å². The van der Waals surface area contributed by atoms with Crippen molar-refractivity contribution in [3.63, 3.8) is 0 Å². The van der Waals surface area contributed by atoms with Gasteiger partial charge in [-0.25, -0.2) is 29.5 Å². The molecule has 8 atom stereocenters. The third kappa shape index (κ3) is 12.2. The topological polar surface area (TPSA) is 243 Å². The largest absolute Gasteiger partial charge is 0.448 e. The smallest absolute Gasteiger partial charge is 0.409 e. The number of amides is 2. The number of aromatic nitrogens is 6. The van der Waals surface area contributed by atoms with E-state index < -0.39 is 61.5 Å². The number of hydrogen-bond acceptors (Lipinski definition) is 20. The maximum atomic E-state index is 13.0. The minimum absolute atomic E-state index is 0.0495. The van der Waals surface area contributed by atoms with Crippen molar-refractivity contribution in [3.8, 4) is 21.1 Å². The summed E-state index contributed by atoms with van der Waals surface area (Å²) in [6.45, 7) is 6.66. The summed E-state index contributed by atoms with van der Waals surface area (Å²) in [7, 11) is 0. The second kappa shape index (κ2) is 21.4. The van der Waals surface area contributed by atoms with Crippen LogP contribution in [0.25, 0.3) is 41.6 Å². The first-order chi connectivity index (χ1) is 36.5. The first-order valence-corrected chi connectivity index (χ1v) is 26.4. The maximum absolute atomic E-state index is 13.0. The van der Waals surface area contributed by atoms with E-state index in [9.17, 15) is 46.1 Å². The molecule has 0 unspecified atom stereocenters. The molecule has 5 fully saturated rings. The summed E-state index contributed by atoms with van der Waals surface area (Å²) in [5, 5.41) is 33.8. The highest BCUT2D eigenvalue weighted by Gasteiger charge is 2.55. The van der Waals surface area contributed by atoms with Crippen LogP contribution in [0, 0.1) is 25.7 Å². The second-order valence-electron chi connectivity index (χ2n) is 19.8. The van der Waals surface area contributed by atoms with Crippen LogP contribution >= 0.6 is 22.7 Å². The Morgan fingerprint density at radius 3 is 1.56 bits per heavy atom. The lowest BCUT2D eigenvalue weighted by Crippen LogP contribution is -2.38. The number of fused-ring (bicyclic) bond motifs is 3. The number of carbonyl (C=O) groups excluding carboxylic acids is 2. The van der Waals surface area contributed by atoms with Crippen molar-refractivity contribution in [2.24, 2.45) is 11.8 Å². The number of benzene rings is 2. The summed E-state index contributed by atoms with van der Waals surface area (Å²) in [6, 6.07) is 14.2. The molecule has 28 heteroatoms. The number of para-hydroxylation sites is 2. The maximum Gasteiger partial charge on any atom is 0.409 e. The number of anilines is 4. The van der Waals surface area contributed by atoms with Crippen LogP contribution in [0.3, 0.4) is 0 Å². The number of thiazole rings is 2. The molecule has 20 nitrogen and oxygen atoms in total. The van der Waals surface area contributed by atoms with E-state index in [0.29, 0.717) is 77.4 Å². The zero-order chi connectivity index (χ0) is 54.6. The molecule has 6 N–H and O–H groups in total. The van der Waals surface area contributed by atoms with Crippen LogP contribution < -0.4 is 21.3 Å². The summed E-state index contributed by atoms with van der Waals surface area (Å²) in [5.41, 5.74) is 3.54. The van der Waals surface area contributed by atoms with Gasteiger partial charge in [-0.2, -0.15) is 36.3 Å². The highest BCUT2D eigenvalue weighted by atomic mass is 32.1. The van der Waals surface area contributed by atoms with Crippen LogP contribution in [0.15, 0.2) is 48.5 Å². The molecule has 2 aromatic carbocycles. The molecule has 6 aromatic rings. The fourth-order valence-electron chi connectivity index (χ4n) is 10.3. The summed E-state index contributed by atoms with van der Waals surface area (Å²) in [6.07, 6.45) is -11.8. The van der Waals surface area contributed by atoms with Gasteiger partial charge in [0.15, 0.2) is 5.79 Å². The van der Waals surface area contributed by atoms with Gasteiger partial charge in [0.05, 0.1) is 80.3 Å². The number of aliphatic hydroxyl groups excluding tert-OH is 2. The van der Waals surface area contributed by atoms with Crippen molar-refractivity contribution in [2.45, 2.75) is 95.2 Å². The molecule has 2 aliphatic carbocycles. The average molecular weight is 1120 g/mol. The third-order valence-electron chi connectivity index (χ3n) is 13.7. The Hall–Kier alpha value is -6.46. The van der Waals surface area contributed by atoms with Crippen molar-refractivity contribution >= 4 is 78.8 Å². The predicted octanol–water partition coefficient (Wildman–Crippen LogP) is 7.82. The molecule has 2 amide bonds. The Bertz CT molecular complexity index is 3080. The number of ether oxygens (including phenoxy) is 4. The number of aryl methyl sites for hydroxylation is 2. The number of nitrogens with one attached hydrogen (secondary N) is 4. The van der Waals surface area contributed by atoms with Gasteiger partial charge in [0.25, 0.3) is 0 Å². The Morgan fingerprint density at radius 1 is 0.636 bits per heavy atom. The van der Waals surface area contributed by atoms with E-state index in [2.05, 4.69) is 46.2 Å². The normalized spacial score (nSPS) is 25.0. The van der Waals surface area contributed by atoms with E-state index in [1.807, 2.05) is 62.4 Å². The van der Waals surface area contributed by atoms with Crippen molar-refractivity contribution in [3.05, 3.63) is 59.9 Å². The number of cyclic esters (lactones) is 2. The SMILES string of the molecule is Cc1nc(NCC(F)(F)F)nc(N[C@@H]2C[C@H](CN3CCOC3=O)[C@@H](O)[C@H]2O)c1-c1nc2ccccc2s1.Cc1nc(NCC(F)(F)F)nc(N[C@@H]2C[C@H](CN3CCOC3=O)[C@H]3OC(C)(C)O[C@H]32)c1-c1nc2ccccc2s1. The number of carbonyl (C=O) groups is 2. The highest BCUT2D eigenvalue weighted by molar-refractivity contribution is 7.22. The number of rotatable bonds is 14. The molecule has 4 aromatic heterocycles. The molecule has 0 spiro atoms. The van der Waals surface area contributed by atoms with Crippen LogP contribution in [-0.4, -0.2) is 169 Å². The number of hydrogen-bond donors (Lipinski definition) is 6. The molecule has 7 heterocycles. The Morgan fingerprint density at radius 2 is 1.09 bits per heavy atom. The minimum Gasteiger partial charge on any atom is -0.448 e. The summed E-state index contributed by atoms with van der Waals surface area (Å²) in [5.74, 6) is -1.15. The van der Waals surface area contributed by atoms with Gasteiger partial charge in [-0.05, 0) is 64.8 Å². The van der Waals surface area contributed by atoms with Gasteiger partial charge in [0.1, 0.15) is 60.2 Å². The van der Waals surface area contributed by atoms with Crippen LogP contribution in [0.1, 0.15) is 38.1 Å². The second-order valence-corrected chi connectivity index (χ2v) is 21.8. The lowest BCUT2D eigenvalue weighted by molar-refractivity contribution is -0.157. The molecule has 412 valence electrons. The van der Waals surface area contributed by atoms with Gasteiger partial charge in [0.2, 0.25) is 11.9 Å². The predicted molar refractivity (Wildman–Crippen MR) is 273 cm³/mol. The number of nitrogens with zero attached hydrogens (tertiary/aromatic N) is 8. The Balaban J connectivity index is 0.000000175. The molecular weight excluding hydrogens is 1060 g/mol. The number of alkyl halides is 6. The molecule has 5 aliphatic rings. The molecular formula is C49H54F6N12O8S2. The zero-order valence-corrected chi connectivity index (χ0v) is 43.4. The van der Waals surface area contributed by atoms with E-state index in [4.69, 9.17) is 23.9 Å². The van der Waals surface area contributed by atoms with Crippen LogP contribution in [0.2, 0.25) is 0 Å². The van der Waals surface area contributed by atoms with E-state index in [1.54, 1.807) is 18.7 Å². The minimum atomic E-state index is -4.47. The fourth-order valence-corrected chi connectivity index (χ4v) is 12.4. The van der Waals surface area contributed by atoms with E-state index in [-0.39, 0.29) is 61.1 Å². The summed E-state index contributed by atoms with van der Waals surface area (Å²) < 4.78 is 102. The van der Waals surface area contributed by atoms with Crippen LogP contribution in [-0.2, 0) is 18.9 Å². The standard InChI is InChI=1S/C26H29F3N6O4S.C23H25F3N6O4S/c1-13-18(22-33-15-6-4-5-7-17(15)40-22)21(34-23(31-13)30-12-26(27,28)29)32-16-10-14(11-35-8-9-37-24(35)36)19-20(16)39-25(2,3)38-19;1-11-16(20-30-13-4-2-3-5-15(13)37-20)19(31-21(28-11)27-10-23(24,25)26)29-14-8-12(17(33)18(14)34)9-32-6-7-36-22(32)35/h4-7,14,16,19-20H,8-12H2,1-3H3,(H2,30,31,32,34);2-5,12,14,17-18,33-34H,6-10H2,1H3,(H2,27,28,29,31)/t14-,16-,19-,20+;12-,14-,17-,18+/m11/s1. The van der Waals surface area contributed by atoms with Gasteiger partial charge in [0, 0.05) is 24.9 Å². The van der Waals surface area contributed by atoms with Gasteiger partial charge < -0.3 is 60.2 Å². The van der Waals surface area contributed by atoms with E-state index >= 15 is 0 Å². The van der Waals surface area contributed by atoms with Gasteiger partial charge >= 0.3 is 24.5 Å². The summed E-state index contributed by atoms with van der Waals surface area (Å²) >= 11 is 2.84. The molecule has 11 rings (SSSR count). The number of aliphatic hydroxyl groups is 2. The molecule has 2 saturated carbocycles. The molecule has 77 heavy (non-hydrogen) atoms. The third-order valence-corrected chi connectivity index (χ3v) is 15.8. The quantitative estimate of drug-likeness (QED) is 0.0570. The first kappa shape index (κ1) is 53.9. The Labute approximate surface area is 443 Å². The van der Waals surface area contributed by atoms with Gasteiger partial charge in [-0.3, -0.25) is 0 Å². The van der Waals surface area contributed by atoms with Crippen LogP contribution in [0.4, 0.5) is 59.5 Å². The van der Waals surface area contributed by atoms with Crippen molar-refractivity contribution in [2.75, 3.05) is 73.7 Å². The monoisotopic (exact) mass is 1120 g/mol. The van der Waals surface area contributed by atoms with Crippen molar-refractivity contribution in [1.82, 2.24) is 39.7 Å². The first-order valence-electron chi connectivity index (χ1n) is 24.7.